The van der Waals surface area contributed by atoms with Gasteiger partial charge in [-0.2, -0.15) is 5.10 Å². The molecule has 2 amide bonds. The maximum atomic E-state index is 13.6. The van der Waals surface area contributed by atoms with E-state index in [0.717, 1.165) is 16.9 Å². The van der Waals surface area contributed by atoms with E-state index in [1.165, 1.54) is 6.07 Å². The smallest absolute Gasteiger partial charge is 0.280 e. The average Bonchev–Trinajstić information content (AvgIpc) is 3.54. The van der Waals surface area contributed by atoms with Crippen molar-refractivity contribution in [1.82, 2.24) is 15.2 Å². The summed E-state index contributed by atoms with van der Waals surface area (Å²) in [6.07, 6.45) is -2.83. The zero-order valence-corrected chi connectivity index (χ0v) is 20.1. The molecular formula is C26H19F2N5O3S. The first-order valence-electron chi connectivity index (χ1n) is 11.0. The maximum Gasteiger partial charge on any atom is 0.280 e. The second-order valence-corrected chi connectivity index (χ2v) is 8.96. The number of amides is 2. The van der Waals surface area contributed by atoms with E-state index < -0.39 is 23.9 Å². The molecule has 0 aliphatic rings. The van der Waals surface area contributed by atoms with Crippen LogP contribution in [0.4, 0.5) is 14.5 Å². The number of ether oxygens (including phenoxy) is 1. The van der Waals surface area contributed by atoms with Gasteiger partial charge in [0.1, 0.15) is 26.8 Å². The number of H-pyrrole nitrogens is 1. The summed E-state index contributed by atoms with van der Waals surface area (Å²) in [7, 11) is 1.56. The van der Waals surface area contributed by atoms with Gasteiger partial charge in [-0.1, -0.05) is 30.3 Å². The summed E-state index contributed by atoms with van der Waals surface area (Å²) in [5.41, 5.74) is 7.66. The van der Waals surface area contributed by atoms with Gasteiger partial charge in [-0.3, -0.25) is 14.7 Å². The lowest BCUT2D eigenvalue weighted by molar-refractivity contribution is 0.100. The summed E-state index contributed by atoms with van der Waals surface area (Å²) in [5.74, 6) is -0.732. The van der Waals surface area contributed by atoms with Crippen molar-refractivity contribution in [3.8, 4) is 28.1 Å². The standard InChI is InChI=1S/C26H19F2N5O3S/c1-36-15-9-7-14(8-10-15)17-12-19(33-32-17)25(35)31-21-20-16(13-5-3-2-4-6-13)11-18(23(27)28)30-26(20)37-22(21)24(29)34/h2-12,23H,1H3,(H2,29,34)(H,31,35)(H,32,33). The van der Waals surface area contributed by atoms with Gasteiger partial charge in [-0.25, -0.2) is 13.8 Å². The number of hydrogen-bond acceptors (Lipinski definition) is 6. The number of rotatable bonds is 7. The highest BCUT2D eigenvalue weighted by molar-refractivity contribution is 7.21. The maximum absolute atomic E-state index is 13.6. The largest absolute Gasteiger partial charge is 0.497 e. The normalized spacial score (nSPS) is 11.1. The number of nitrogens with one attached hydrogen (secondary N) is 2. The molecule has 8 nitrogen and oxygen atoms in total. The number of benzene rings is 2. The second-order valence-electron chi connectivity index (χ2n) is 7.96. The highest BCUT2D eigenvalue weighted by atomic mass is 32.1. The molecule has 0 spiro atoms. The average molecular weight is 520 g/mol. The van der Waals surface area contributed by atoms with Crippen LogP contribution >= 0.6 is 11.3 Å². The molecular weight excluding hydrogens is 500 g/mol. The Balaban J connectivity index is 1.58. The Kier molecular flexibility index (Phi) is 6.36. The van der Waals surface area contributed by atoms with E-state index in [-0.39, 0.29) is 21.1 Å². The lowest BCUT2D eigenvalue weighted by atomic mass is 10.0. The van der Waals surface area contributed by atoms with Crippen LogP contribution in [0.2, 0.25) is 0 Å². The predicted molar refractivity (Wildman–Crippen MR) is 137 cm³/mol. The van der Waals surface area contributed by atoms with Crippen LogP contribution < -0.4 is 15.8 Å². The SMILES string of the molecule is COc1ccc(-c2cc(C(=O)Nc3c(C(N)=O)sc4nc(C(F)F)cc(-c5ccccc5)c34)[nH]n2)cc1. The number of halogens is 2. The molecule has 3 heterocycles. The molecule has 0 bridgehead atoms. The molecule has 4 N–H and O–H groups in total. The number of carbonyl (C=O) groups is 2. The molecule has 3 aromatic heterocycles. The molecule has 5 aromatic rings. The molecule has 186 valence electrons. The van der Waals surface area contributed by atoms with E-state index in [1.807, 2.05) is 0 Å². The highest BCUT2D eigenvalue weighted by Gasteiger charge is 2.25. The summed E-state index contributed by atoms with van der Waals surface area (Å²) < 4.78 is 32.4. The van der Waals surface area contributed by atoms with Gasteiger partial charge in [-0.05, 0) is 47.5 Å². The molecule has 11 heteroatoms. The van der Waals surface area contributed by atoms with Crippen LogP contribution in [-0.4, -0.2) is 34.1 Å². The number of pyridine rings is 1. The number of thiophene rings is 1. The zero-order chi connectivity index (χ0) is 26.1. The van der Waals surface area contributed by atoms with Gasteiger partial charge in [0, 0.05) is 10.9 Å². The highest BCUT2D eigenvalue weighted by Crippen LogP contribution is 2.42. The Morgan fingerprint density at radius 3 is 2.43 bits per heavy atom. The van der Waals surface area contributed by atoms with Gasteiger partial charge in [0.25, 0.3) is 18.2 Å². The Labute approximate surface area is 213 Å². The lowest BCUT2D eigenvalue weighted by Gasteiger charge is -2.10. The number of aromatic amines is 1. The van der Waals surface area contributed by atoms with Gasteiger partial charge in [0.15, 0.2) is 0 Å². The number of hydrogen-bond donors (Lipinski definition) is 3. The van der Waals surface area contributed by atoms with Gasteiger partial charge >= 0.3 is 0 Å². The molecule has 0 aliphatic carbocycles. The lowest BCUT2D eigenvalue weighted by Crippen LogP contribution is -2.17. The predicted octanol–water partition coefficient (Wildman–Crippen LogP) is 5.65. The van der Waals surface area contributed by atoms with Crippen molar-refractivity contribution in [3.63, 3.8) is 0 Å². The monoisotopic (exact) mass is 519 g/mol. The fourth-order valence-electron chi connectivity index (χ4n) is 3.90. The Morgan fingerprint density at radius 2 is 1.78 bits per heavy atom. The quantitative estimate of drug-likeness (QED) is 0.256. The number of nitrogens with two attached hydrogens (primary N) is 1. The number of methoxy groups -OCH3 is 1. The molecule has 37 heavy (non-hydrogen) atoms. The van der Waals surface area contributed by atoms with Crippen LogP contribution in [0.15, 0.2) is 66.7 Å². The minimum absolute atomic E-state index is 0.00524. The summed E-state index contributed by atoms with van der Waals surface area (Å²) in [4.78, 5) is 29.7. The molecule has 0 aliphatic heterocycles. The number of nitrogens with zero attached hydrogens (tertiary/aromatic N) is 2. The number of aromatic nitrogens is 3. The van der Waals surface area contributed by atoms with Gasteiger partial charge < -0.3 is 15.8 Å². The van der Waals surface area contributed by atoms with E-state index in [1.54, 1.807) is 67.8 Å². The van der Waals surface area contributed by atoms with Crippen molar-refractivity contribution >= 4 is 39.1 Å². The summed E-state index contributed by atoms with van der Waals surface area (Å²) in [5, 5.41) is 9.96. The molecule has 0 atom stereocenters. The van der Waals surface area contributed by atoms with E-state index in [0.29, 0.717) is 28.0 Å². The molecule has 5 rings (SSSR count). The van der Waals surface area contributed by atoms with Gasteiger partial charge in [0.05, 0.1) is 18.5 Å². The number of carbonyl (C=O) groups excluding carboxylic acids is 2. The molecule has 0 saturated carbocycles. The third-order valence-electron chi connectivity index (χ3n) is 5.66. The van der Waals surface area contributed by atoms with Crippen LogP contribution in [0.3, 0.4) is 0 Å². The molecule has 0 saturated heterocycles. The molecule has 2 aromatic carbocycles. The van der Waals surface area contributed by atoms with Crippen molar-refractivity contribution in [2.75, 3.05) is 12.4 Å². The van der Waals surface area contributed by atoms with Crippen molar-refractivity contribution in [1.29, 1.82) is 0 Å². The molecule has 0 radical (unpaired) electrons. The van der Waals surface area contributed by atoms with Crippen LogP contribution in [0, 0.1) is 0 Å². The van der Waals surface area contributed by atoms with Crippen LogP contribution in [-0.2, 0) is 0 Å². The van der Waals surface area contributed by atoms with E-state index >= 15 is 0 Å². The van der Waals surface area contributed by atoms with E-state index in [9.17, 15) is 18.4 Å². The van der Waals surface area contributed by atoms with Gasteiger partial charge in [0.2, 0.25) is 0 Å². The third-order valence-corrected chi connectivity index (χ3v) is 6.76. The first-order chi connectivity index (χ1) is 17.9. The second kappa shape index (κ2) is 9.78. The Hall–Kier alpha value is -4.64. The first kappa shape index (κ1) is 24.1. The Morgan fingerprint density at radius 1 is 1.05 bits per heavy atom. The van der Waals surface area contributed by atoms with E-state index in [2.05, 4.69) is 20.5 Å². The van der Waals surface area contributed by atoms with Crippen LogP contribution in [0.1, 0.15) is 32.3 Å². The number of anilines is 1. The summed E-state index contributed by atoms with van der Waals surface area (Å²) >= 11 is 0.844. The molecule has 0 unspecified atom stereocenters. The number of primary amides is 1. The topological polar surface area (TPSA) is 123 Å². The van der Waals surface area contributed by atoms with Crippen LogP contribution in [0.5, 0.6) is 5.75 Å². The van der Waals surface area contributed by atoms with E-state index in [4.69, 9.17) is 10.5 Å². The number of alkyl halides is 2. The van der Waals surface area contributed by atoms with Crippen molar-refractivity contribution in [2.24, 2.45) is 5.73 Å². The summed E-state index contributed by atoms with van der Waals surface area (Å²) in [6, 6.07) is 18.7. The first-order valence-corrected chi connectivity index (χ1v) is 11.8. The molecule has 0 fully saturated rings. The van der Waals surface area contributed by atoms with Crippen molar-refractivity contribution < 1.29 is 23.1 Å². The number of fused-ring (bicyclic) bond motifs is 1. The summed E-state index contributed by atoms with van der Waals surface area (Å²) in [6.45, 7) is 0. The van der Waals surface area contributed by atoms with Gasteiger partial charge in [-0.15, -0.1) is 11.3 Å². The Bertz CT molecular complexity index is 1620. The fraction of sp³-hybridized carbons (Fsp3) is 0.0769. The third kappa shape index (κ3) is 4.64. The fourth-order valence-corrected chi connectivity index (χ4v) is 4.91. The minimum Gasteiger partial charge on any atom is -0.497 e. The van der Waals surface area contributed by atoms with Crippen molar-refractivity contribution in [3.05, 3.63) is 83.0 Å². The zero-order valence-electron chi connectivity index (χ0n) is 19.3. The van der Waals surface area contributed by atoms with Crippen molar-refractivity contribution in [2.45, 2.75) is 6.43 Å². The van der Waals surface area contributed by atoms with Crippen LogP contribution in [0.25, 0.3) is 32.6 Å². The minimum atomic E-state index is -2.83.